The Balaban J connectivity index is 1.47. The average molecular weight is 315 g/mol. The molecule has 0 spiro atoms. The van der Waals surface area contributed by atoms with Gasteiger partial charge in [0.05, 0.1) is 16.8 Å². The van der Waals surface area contributed by atoms with Gasteiger partial charge in [-0.2, -0.15) is 0 Å². The predicted molar refractivity (Wildman–Crippen MR) is 85.1 cm³/mol. The van der Waals surface area contributed by atoms with Crippen molar-refractivity contribution in [1.29, 1.82) is 0 Å². The Morgan fingerprint density at radius 3 is 2.95 bits per heavy atom. The van der Waals surface area contributed by atoms with Crippen molar-refractivity contribution in [3.8, 4) is 5.19 Å². The van der Waals surface area contributed by atoms with Crippen LogP contribution in [0.5, 0.6) is 5.19 Å². The lowest BCUT2D eigenvalue weighted by Crippen LogP contribution is -2.24. The van der Waals surface area contributed by atoms with Gasteiger partial charge < -0.3 is 9.64 Å². The number of nitrogens with zero attached hydrogens (tertiary/aromatic N) is 3. The first kappa shape index (κ1) is 13.5. The number of ether oxygens (including phenoxy) is 1. The lowest BCUT2D eigenvalue weighted by Gasteiger charge is -2.17. The molecule has 1 aromatic carbocycles. The van der Waals surface area contributed by atoms with Crippen molar-refractivity contribution in [2.45, 2.75) is 12.5 Å². The van der Waals surface area contributed by atoms with Crippen LogP contribution in [0.4, 0.5) is 10.1 Å². The zero-order chi connectivity index (χ0) is 14.9. The van der Waals surface area contributed by atoms with Gasteiger partial charge in [-0.15, -0.1) is 0 Å². The molecule has 1 atom stereocenters. The molecule has 1 aliphatic heterocycles. The Hall–Kier alpha value is -2.21. The number of hydrogen-bond donors (Lipinski definition) is 0. The van der Waals surface area contributed by atoms with Gasteiger partial charge in [0.15, 0.2) is 0 Å². The number of thiazole rings is 1. The lowest BCUT2D eigenvalue weighted by atomic mass is 10.3. The second-order valence-electron chi connectivity index (χ2n) is 5.27. The molecule has 1 saturated heterocycles. The van der Waals surface area contributed by atoms with E-state index in [0.717, 1.165) is 35.4 Å². The summed E-state index contributed by atoms with van der Waals surface area (Å²) in [7, 11) is 0. The number of rotatable bonds is 3. The van der Waals surface area contributed by atoms with Gasteiger partial charge in [0.25, 0.3) is 5.19 Å². The number of aromatic nitrogens is 2. The van der Waals surface area contributed by atoms with Crippen molar-refractivity contribution in [3.05, 3.63) is 48.5 Å². The van der Waals surface area contributed by atoms with Crippen LogP contribution in [0.3, 0.4) is 0 Å². The third-order valence-electron chi connectivity index (χ3n) is 3.77. The molecule has 0 N–H and O–H groups in total. The molecule has 0 amide bonds. The molecule has 22 heavy (non-hydrogen) atoms. The van der Waals surface area contributed by atoms with E-state index in [0.29, 0.717) is 5.19 Å². The highest BCUT2D eigenvalue weighted by Crippen LogP contribution is 2.30. The van der Waals surface area contributed by atoms with Crippen LogP contribution in [-0.4, -0.2) is 29.2 Å². The quantitative estimate of drug-likeness (QED) is 0.741. The van der Waals surface area contributed by atoms with E-state index in [1.54, 1.807) is 18.5 Å². The van der Waals surface area contributed by atoms with E-state index in [4.69, 9.17) is 4.74 Å². The fraction of sp³-hybridized carbons (Fsp3) is 0.250. The van der Waals surface area contributed by atoms with Crippen molar-refractivity contribution >= 4 is 27.2 Å². The highest BCUT2D eigenvalue weighted by atomic mass is 32.1. The van der Waals surface area contributed by atoms with E-state index >= 15 is 0 Å². The summed E-state index contributed by atoms with van der Waals surface area (Å²) < 4.78 is 20.0. The van der Waals surface area contributed by atoms with Crippen molar-refractivity contribution < 1.29 is 9.13 Å². The van der Waals surface area contributed by atoms with E-state index in [-0.39, 0.29) is 11.9 Å². The Labute approximate surface area is 131 Å². The minimum Gasteiger partial charge on any atom is -0.465 e. The van der Waals surface area contributed by atoms with Gasteiger partial charge >= 0.3 is 0 Å². The third-order valence-corrected chi connectivity index (χ3v) is 4.68. The van der Waals surface area contributed by atoms with E-state index in [1.165, 1.54) is 23.5 Å². The van der Waals surface area contributed by atoms with Gasteiger partial charge in [-0.25, -0.2) is 9.37 Å². The third kappa shape index (κ3) is 2.62. The molecule has 0 radical (unpaired) electrons. The van der Waals surface area contributed by atoms with Gasteiger partial charge in [0.1, 0.15) is 11.9 Å². The van der Waals surface area contributed by atoms with Crippen molar-refractivity contribution in [2.24, 2.45) is 0 Å². The summed E-state index contributed by atoms with van der Waals surface area (Å²) in [5.74, 6) is -0.243. The molecule has 4 rings (SSSR count). The van der Waals surface area contributed by atoms with Gasteiger partial charge in [0, 0.05) is 31.0 Å². The summed E-state index contributed by atoms with van der Waals surface area (Å²) in [5.41, 5.74) is 1.94. The second kappa shape index (κ2) is 5.53. The molecule has 0 unspecified atom stereocenters. The first-order valence-electron chi connectivity index (χ1n) is 7.16. The zero-order valence-electron chi connectivity index (χ0n) is 11.8. The smallest absolute Gasteiger partial charge is 0.274 e. The van der Waals surface area contributed by atoms with Crippen LogP contribution in [0.25, 0.3) is 10.2 Å². The first-order valence-corrected chi connectivity index (χ1v) is 7.97. The van der Waals surface area contributed by atoms with Gasteiger partial charge in [0.2, 0.25) is 0 Å². The van der Waals surface area contributed by atoms with Gasteiger partial charge in [-0.1, -0.05) is 11.3 Å². The molecule has 4 nitrogen and oxygen atoms in total. The molecule has 3 aromatic rings. The van der Waals surface area contributed by atoms with Crippen molar-refractivity contribution in [1.82, 2.24) is 9.97 Å². The van der Waals surface area contributed by atoms with Crippen LogP contribution >= 0.6 is 11.3 Å². The summed E-state index contributed by atoms with van der Waals surface area (Å²) in [6, 6.07) is 8.61. The van der Waals surface area contributed by atoms with Crippen LogP contribution in [0.15, 0.2) is 42.7 Å². The Kier molecular flexibility index (Phi) is 3.38. The number of anilines is 1. The number of pyridine rings is 1. The highest BCUT2D eigenvalue weighted by Gasteiger charge is 2.25. The molecule has 2 aromatic heterocycles. The summed E-state index contributed by atoms with van der Waals surface area (Å²) in [5, 5.41) is 0.613. The van der Waals surface area contributed by atoms with E-state index in [1.807, 2.05) is 12.1 Å². The zero-order valence-corrected chi connectivity index (χ0v) is 12.6. The number of fused-ring (bicyclic) bond motifs is 1. The second-order valence-corrected chi connectivity index (χ2v) is 6.26. The minimum absolute atomic E-state index is 0.110. The first-order chi connectivity index (χ1) is 10.8. The molecular formula is C16H14FN3OS. The SMILES string of the molecule is Fc1ccc2nc(O[C@@H]3CCN(c4ccncc4)C3)sc2c1. The summed E-state index contributed by atoms with van der Waals surface area (Å²) in [4.78, 5) is 10.7. The van der Waals surface area contributed by atoms with E-state index in [9.17, 15) is 4.39 Å². The molecule has 0 bridgehead atoms. The minimum atomic E-state index is -0.243. The Bertz CT molecular complexity index is 792. The molecule has 1 fully saturated rings. The van der Waals surface area contributed by atoms with E-state index in [2.05, 4.69) is 14.9 Å². The topological polar surface area (TPSA) is 38.2 Å². The van der Waals surface area contributed by atoms with Crippen LogP contribution in [0.1, 0.15) is 6.42 Å². The number of benzene rings is 1. The number of hydrogen-bond acceptors (Lipinski definition) is 5. The lowest BCUT2D eigenvalue weighted by molar-refractivity contribution is 0.224. The molecule has 0 aliphatic carbocycles. The summed E-state index contributed by atoms with van der Waals surface area (Å²) >= 11 is 1.39. The Morgan fingerprint density at radius 1 is 1.23 bits per heavy atom. The van der Waals surface area contributed by atoms with E-state index < -0.39 is 0 Å². The van der Waals surface area contributed by atoms with Gasteiger partial charge in [-0.05, 0) is 30.3 Å². The largest absolute Gasteiger partial charge is 0.465 e. The maximum atomic E-state index is 13.2. The van der Waals surface area contributed by atoms with Gasteiger partial charge in [-0.3, -0.25) is 4.98 Å². The number of halogens is 1. The average Bonchev–Trinajstić information content (AvgIpc) is 3.14. The van der Waals surface area contributed by atoms with Crippen LogP contribution < -0.4 is 9.64 Å². The molecule has 3 heterocycles. The molecule has 0 saturated carbocycles. The van der Waals surface area contributed by atoms with Crippen molar-refractivity contribution in [2.75, 3.05) is 18.0 Å². The van der Waals surface area contributed by atoms with Crippen LogP contribution in [-0.2, 0) is 0 Å². The molecule has 1 aliphatic rings. The standard InChI is InChI=1S/C16H14FN3OS/c17-11-1-2-14-15(9-11)22-16(19-14)21-13-5-8-20(10-13)12-3-6-18-7-4-12/h1-4,6-7,9,13H,5,8,10H2/t13-/m1/s1. The highest BCUT2D eigenvalue weighted by molar-refractivity contribution is 7.20. The fourth-order valence-corrected chi connectivity index (χ4v) is 3.59. The predicted octanol–water partition coefficient (Wildman–Crippen LogP) is 3.49. The maximum absolute atomic E-state index is 13.2. The molecule has 6 heteroatoms. The van der Waals surface area contributed by atoms with Crippen molar-refractivity contribution in [3.63, 3.8) is 0 Å². The maximum Gasteiger partial charge on any atom is 0.274 e. The summed E-state index contributed by atoms with van der Waals surface area (Å²) in [6.45, 7) is 1.78. The summed E-state index contributed by atoms with van der Waals surface area (Å²) in [6.07, 6.45) is 4.66. The molecule has 112 valence electrons. The Morgan fingerprint density at radius 2 is 2.09 bits per heavy atom. The van der Waals surface area contributed by atoms with Crippen LogP contribution in [0.2, 0.25) is 0 Å². The fourth-order valence-electron chi connectivity index (χ4n) is 2.68. The van der Waals surface area contributed by atoms with Crippen LogP contribution in [0, 0.1) is 5.82 Å². The normalized spacial score (nSPS) is 18.0. The monoisotopic (exact) mass is 315 g/mol. The molecular weight excluding hydrogens is 301 g/mol.